The molecule has 1 aliphatic rings. The molecule has 0 aromatic heterocycles. The molecule has 0 aliphatic carbocycles. The van der Waals surface area contributed by atoms with Gasteiger partial charge in [-0.15, -0.1) is 12.4 Å². The molecule has 0 radical (unpaired) electrons. The second-order valence-corrected chi connectivity index (χ2v) is 7.47. The number of aryl methyl sites for hydroxylation is 1. The van der Waals surface area contributed by atoms with Gasteiger partial charge in [-0.3, -0.25) is 0 Å². The first-order valence-electron chi connectivity index (χ1n) is 6.84. The average molecular weight is 337 g/mol. The second kappa shape index (κ2) is 7.05. The minimum Gasteiger partial charge on any atom is -0.328 e. The molecule has 0 bridgehead atoms. The Kier molecular flexibility index (Phi) is 6.16. The molecule has 2 atom stereocenters. The summed E-state index contributed by atoms with van der Waals surface area (Å²) in [6, 6.07) is 4.02. The summed E-state index contributed by atoms with van der Waals surface area (Å²) in [5.74, 6) is -0.333. The molecule has 1 heterocycles. The van der Waals surface area contributed by atoms with Crippen LogP contribution in [0, 0.1) is 18.7 Å². The van der Waals surface area contributed by atoms with Crippen LogP contribution in [0.3, 0.4) is 0 Å². The molecule has 0 amide bonds. The van der Waals surface area contributed by atoms with E-state index in [1.165, 1.54) is 16.4 Å². The molecule has 4 nitrogen and oxygen atoms in total. The third kappa shape index (κ3) is 3.94. The summed E-state index contributed by atoms with van der Waals surface area (Å²) in [4.78, 5) is 0.0194. The predicted octanol–water partition coefficient (Wildman–Crippen LogP) is 2.30. The van der Waals surface area contributed by atoms with Crippen LogP contribution < -0.4 is 5.73 Å². The molecular formula is C14H22ClFN2O2S. The van der Waals surface area contributed by atoms with E-state index in [1.807, 2.05) is 6.92 Å². The van der Waals surface area contributed by atoms with Gasteiger partial charge in [0.25, 0.3) is 0 Å². The van der Waals surface area contributed by atoms with Crippen LogP contribution in [0.5, 0.6) is 0 Å². The van der Waals surface area contributed by atoms with Gasteiger partial charge in [-0.25, -0.2) is 12.8 Å². The van der Waals surface area contributed by atoms with E-state index in [-0.39, 0.29) is 29.3 Å². The van der Waals surface area contributed by atoms with Crippen molar-refractivity contribution in [2.75, 3.05) is 13.1 Å². The molecule has 1 aromatic rings. The molecule has 1 aromatic carbocycles. The molecule has 21 heavy (non-hydrogen) atoms. The number of piperidine rings is 1. The maximum atomic E-state index is 13.6. The minimum absolute atomic E-state index is 0. The van der Waals surface area contributed by atoms with Crippen molar-refractivity contribution in [2.45, 2.75) is 37.6 Å². The molecule has 1 aliphatic heterocycles. The highest BCUT2D eigenvalue weighted by Crippen LogP contribution is 2.25. The van der Waals surface area contributed by atoms with Gasteiger partial charge in [0.05, 0.1) is 4.90 Å². The van der Waals surface area contributed by atoms with Crippen LogP contribution in [0.2, 0.25) is 0 Å². The van der Waals surface area contributed by atoms with Gasteiger partial charge < -0.3 is 5.73 Å². The van der Waals surface area contributed by atoms with E-state index in [1.54, 1.807) is 6.92 Å². The number of nitrogens with two attached hydrogens (primary N) is 1. The lowest BCUT2D eigenvalue weighted by Crippen LogP contribution is -2.44. The maximum Gasteiger partial charge on any atom is 0.243 e. The van der Waals surface area contributed by atoms with Gasteiger partial charge in [0.2, 0.25) is 10.0 Å². The Morgan fingerprint density at radius 1 is 1.43 bits per heavy atom. The molecule has 120 valence electrons. The zero-order valence-corrected chi connectivity index (χ0v) is 13.9. The fourth-order valence-electron chi connectivity index (χ4n) is 2.50. The smallest absolute Gasteiger partial charge is 0.243 e. The van der Waals surface area contributed by atoms with Crippen molar-refractivity contribution in [3.8, 4) is 0 Å². The Bertz CT molecular complexity index is 593. The molecule has 1 saturated heterocycles. The molecule has 2 rings (SSSR count). The van der Waals surface area contributed by atoms with E-state index >= 15 is 0 Å². The van der Waals surface area contributed by atoms with E-state index in [4.69, 9.17) is 5.73 Å². The fourth-order valence-corrected chi connectivity index (χ4v) is 4.05. The third-order valence-corrected chi connectivity index (χ3v) is 5.81. The van der Waals surface area contributed by atoms with Crippen LogP contribution in [0.15, 0.2) is 23.1 Å². The van der Waals surface area contributed by atoms with Crippen LogP contribution >= 0.6 is 12.4 Å². The molecule has 2 unspecified atom stereocenters. The number of rotatable bonds is 3. The Balaban J connectivity index is 0.00000220. The lowest BCUT2D eigenvalue weighted by atomic mass is 9.93. The normalized spacial score (nSPS) is 21.6. The third-order valence-electron chi connectivity index (χ3n) is 3.95. The van der Waals surface area contributed by atoms with Gasteiger partial charge in [0, 0.05) is 19.1 Å². The number of sulfonamides is 1. The van der Waals surface area contributed by atoms with Gasteiger partial charge in [-0.2, -0.15) is 4.31 Å². The minimum atomic E-state index is -3.63. The van der Waals surface area contributed by atoms with Crippen LogP contribution in [0.1, 0.15) is 25.3 Å². The first-order chi connectivity index (χ1) is 9.32. The average Bonchev–Trinajstić information content (AvgIpc) is 2.42. The van der Waals surface area contributed by atoms with Crippen molar-refractivity contribution in [1.29, 1.82) is 0 Å². The topological polar surface area (TPSA) is 63.4 Å². The largest absolute Gasteiger partial charge is 0.328 e. The first-order valence-corrected chi connectivity index (χ1v) is 8.28. The Hall–Kier alpha value is -0.690. The lowest BCUT2D eigenvalue weighted by molar-refractivity contribution is 0.243. The van der Waals surface area contributed by atoms with Crippen LogP contribution in [-0.4, -0.2) is 31.9 Å². The number of hydrogen-bond donors (Lipinski definition) is 1. The van der Waals surface area contributed by atoms with Gasteiger partial charge in [-0.05, 0) is 50.3 Å². The fraction of sp³-hybridized carbons (Fsp3) is 0.571. The van der Waals surface area contributed by atoms with Crippen molar-refractivity contribution in [3.63, 3.8) is 0 Å². The van der Waals surface area contributed by atoms with Gasteiger partial charge >= 0.3 is 0 Å². The van der Waals surface area contributed by atoms with Crippen molar-refractivity contribution < 1.29 is 12.8 Å². The molecule has 7 heteroatoms. The Labute approximate surface area is 132 Å². The number of nitrogens with zero attached hydrogens (tertiary/aromatic N) is 1. The van der Waals surface area contributed by atoms with E-state index in [0.717, 1.165) is 18.9 Å². The highest BCUT2D eigenvalue weighted by molar-refractivity contribution is 7.89. The summed E-state index contributed by atoms with van der Waals surface area (Å²) in [5.41, 5.74) is 6.31. The maximum absolute atomic E-state index is 13.6. The van der Waals surface area contributed by atoms with E-state index in [9.17, 15) is 12.8 Å². The summed E-state index contributed by atoms with van der Waals surface area (Å²) in [6.07, 6.45) is 1.73. The summed E-state index contributed by atoms with van der Waals surface area (Å²) in [5, 5.41) is 0. The lowest BCUT2D eigenvalue weighted by Gasteiger charge is -2.33. The summed E-state index contributed by atoms with van der Waals surface area (Å²) < 4.78 is 40.1. The Morgan fingerprint density at radius 2 is 2.10 bits per heavy atom. The Morgan fingerprint density at radius 3 is 2.67 bits per heavy atom. The summed E-state index contributed by atoms with van der Waals surface area (Å²) >= 11 is 0. The van der Waals surface area contributed by atoms with Crippen molar-refractivity contribution in [3.05, 3.63) is 29.6 Å². The van der Waals surface area contributed by atoms with Crippen LogP contribution in [-0.2, 0) is 10.0 Å². The predicted molar refractivity (Wildman–Crippen MR) is 83.5 cm³/mol. The number of hydrogen-bond acceptors (Lipinski definition) is 3. The van der Waals surface area contributed by atoms with Gasteiger partial charge in [0.15, 0.2) is 0 Å². The van der Waals surface area contributed by atoms with Crippen molar-refractivity contribution in [1.82, 2.24) is 4.31 Å². The SMILES string of the molecule is Cc1ccc(S(=O)(=O)N2CCCC(C(C)N)C2)cc1F.Cl. The van der Waals surface area contributed by atoms with Gasteiger partial charge in [0.1, 0.15) is 5.82 Å². The van der Waals surface area contributed by atoms with Crippen molar-refractivity contribution in [2.24, 2.45) is 11.7 Å². The highest BCUT2D eigenvalue weighted by Gasteiger charge is 2.31. The monoisotopic (exact) mass is 336 g/mol. The molecule has 1 fully saturated rings. The van der Waals surface area contributed by atoms with E-state index in [0.29, 0.717) is 18.7 Å². The molecule has 2 N–H and O–H groups in total. The first kappa shape index (κ1) is 18.4. The zero-order chi connectivity index (χ0) is 14.9. The quantitative estimate of drug-likeness (QED) is 0.921. The number of halogens is 2. The molecule has 0 spiro atoms. The van der Waals surface area contributed by atoms with Crippen molar-refractivity contribution >= 4 is 22.4 Å². The zero-order valence-electron chi connectivity index (χ0n) is 12.3. The molecule has 0 saturated carbocycles. The standard InChI is InChI=1S/C14H21FN2O2S.ClH/c1-10-5-6-13(8-14(10)15)20(18,19)17-7-3-4-12(9-17)11(2)16;/h5-6,8,11-12H,3-4,7,9,16H2,1-2H3;1H. The van der Waals surface area contributed by atoms with E-state index < -0.39 is 15.8 Å². The summed E-state index contributed by atoms with van der Waals surface area (Å²) in [6.45, 7) is 4.39. The van der Waals surface area contributed by atoms with Crippen LogP contribution in [0.25, 0.3) is 0 Å². The molecular weight excluding hydrogens is 315 g/mol. The van der Waals surface area contributed by atoms with E-state index in [2.05, 4.69) is 0 Å². The number of benzene rings is 1. The van der Waals surface area contributed by atoms with Crippen LogP contribution in [0.4, 0.5) is 4.39 Å². The summed E-state index contributed by atoms with van der Waals surface area (Å²) in [7, 11) is -3.63. The second-order valence-electron chi connectivity index (χ2n) is 5.54. The van der Waals surface area contributed by atoms with Gasteiger partial charge in [-0.1, -0.05) is 6.07 Å². The highest BCUT2D eigenvalue weighted by atomic mass is 35.5.